The summed E-state index contributed by atoms with van der Waals surface area (Å²) in [7, 11) is 0. The van der Waals surface area contributed by atoms with Gasteiger partial charge in [-0.25, -0.2) is 0 Å². The number of aryl methyl sites for hydroxylation is 1. The number of aromatic nitrogens is 1. The molecule has 0 bridgehead atoms. The molecule has 1 aromatic carbocycles. The van der Waals surface area contributed by atoms with Crippen LogP contribution < -0.4 is 10.3 Å². The van der Waals surface area contributed by atoms with Gasteiger partial charge in [0.25, 0.3) is 5.56 Å². The van der Waals surface area contributed by atoms with Crippen LogP contribution >= 0.6 is 0 Å². The van der Waals surface area contributed by atoms with E-state index in [-0.39, 0.29) is 5.56 Å². The summed E-state index contributed by atoms with van der Waals surface area (Å²) in [5.74, 6) is 0.862. The van der Waals surface area contributed by atoms with E-state index in [0.29, 0.717) is 0 Å². The van der Waals surface area contributed by atoms with Gasteiger partial charge in [0.15, 0.2) is 0 Å². The van der Waals surface area contributed by atoms with Crippen LogP contribution in [0.5, 0.6) is 5.75 Å². The molecule has 24 heavy (non-hydrogen) atoms. The van der Waals surface area contributed by atoms with E-state index >= 15 is 0 Å². The second-order valence-corrected chi connectivity index (χ2v) is 6.51. The number of pyridine rings is 1. The van der Waals surface area contributed by atoms with Crippen LogP contribution in [0.2, 0.25) is 0 Å². The summed E-state index contributed by atoms with van der Waals surface area (Å²) in [5, 5.41) is 0. The average Bonchev–Trinajstić information content (AvgIpc) is 3.11. The van der Waals surface area contributed by atoms with Gasteiger partial charge < -0.3 is 9.64 Å². The van der Waals surface area contributed by atoms with Crippen molar-refractivity contribution in [3.8, 4) is 11.4 Å². The Morgan fingerprint density at radius 3 is 2.50 bits per heavy atom. The van der Waals surface area contributed by atoms with E-state index in [9.17, 15) is 4.79 Å². The van der Waals surface area contributed by atoms with Crippen LogP contribution in [0, 0.1) is 6.92 Å². The van der Waals surface area contributed by atoms with E-state index in [1.165, 1.54) is 38.9 Å². The van der Waals surface area contributed by atoms with Crippen molar-refractivity contribution in [3.63, 3.8) is 0 Å². The molecule has 2 aromatic rings. The molecule has 0 aliphatic carbocycles. The number of likely N-dealkylation sites (tertiary alicyclic amines) is 1. The lowest BCUT2D eigenvalue weighted by Crippen LogP contribution is -2.20. The highest BCUT2D eigenvalue weighted by Crippen LogP contribution is 2.15. The van der Waals surface area contributed by atoms with Gasteiger partial charge >= 0.3 is 0 Å². The molecule has 4 nitrogen and oxygen atoms in total. The zero-order valence-corrected chi connectivity index (χ0v) is 14.4. The number of benzene rings is 1. The van der Waals surface area contributed by atoms with Gasteiger partial charge in [-0.1, -0.05) is 6.07 Å². The van der Waals surface area contributed by atoms with E-state index < -0.39 is 0 Å². The van der Waals surface area contributed by atoms with Crippen LogP contribution in [0.3, 0.4) is 0 Å². The predicted octanol–water partition coefficient (Wildman–Crippen LogP) is 3.40. The molecule has 1 saturated heterocycles. The highest BCUT2D eigenvalue weighted by molar-refractivity contribution is 5.38. The molecule has 2 heterocycles. The summed E-state index contributed by atoms with van der Waals surface area (Å²) in [6, 6.07) is 11.2. The quantitative estimate of drug-likeness (QED) is 0.731. The van der Waals surface area contributed by atoms with Crippen molar-refractivity contribution in [3.05, 3.63) is 58.5 Å². The molecule has 0 atom stereocenters. The first-order valence-corrected chi connectivity index (χ1v) is 8.87. The zero-order valence-electron chi connectivity index (χ0n) is 14.4. The molecular formula is C20H26N2O2. The highest BCUT2D eigenvalue weighted by atomic mass is 16.5. The van der Waals surface area contributed by atoms with Gasteiger partial charge in [0, 0.05) is 18.0 Å². The molecule has 1 fully saturated rings. The minimum absolute atomic E-state index is 0.0174. The van der Waals surface area contributed by atoms with Crippen molar-refractivity contribution in [1.29, 1.82) is 0 Å². The van der Waals surface area contributed by atoms with E-state index in [1.807, 2.05) is 43.5 Å². The minimum atomic E-state index is -0.0174. The average molecular weight is 326 g/mol. The molecule has 0 N–H and O–H groups in total. The molecule has 4 heteroatoms. The van der Waals surface area contributed by atoms with Gasteiger partial charge in [-0.2, -0.15) is 0 Å². The summed E-state index contributed by atoms with van der Waals surface area (Å²) in [6.07, 6.45) is 6.84. The Morgan fingerprint density at radius 1 is 1.00 bits per heavy atom. The number of hydrogen-bond acceptors (Lipinski definition) is 3. The first-order chi connectivity index (χ1) is 11.7. The van der Waals surface area contributed by atoms with E-state index in [1.54, 1.807) is 10.6 Å². The van der Waals surface area contributed by atoms with Gasteiger partial charge in [-0.05, 0) is 82.1 Å². The Morgan fingerprint density at radius 2 is 1.75 bits per heavy atom. The van der Waals surface area contributed by atoms with Crippen molar-refractivity contribution in [1.82, 2.24) is 9.47 Å². The van der Waals surface area contributed by atoms with Gasteiger partial charge in [-0.3, -0.25) is 9.36 Å². The fourth-order valence-corrected chi connectivity index (χ4v) is 3.13. The molecule has 1 aliphatic heterocycles. The van der Waals surface area contributed by atoms with Crippen molar-refractivity contribution < 1.29 is 4.74 Å². The first-order valence-electron chi connectivity index (χ1n) is 8.87. The van der Waals surface area contributed by atoms with Gasteiger partial charge in [0.2, 0.25) is 0 Å². The Hall–Kier alpha value is -2.07. The maximum atomic E-state index is 11.9. The van der Waals surface area contributed by atoms with Crippen LogP contribution in [-0.4, -0.2) is 35.7 Å². The van der Waals surface area contributed by atoms with Gasteiger partial charge in [0.05, 0.1) is 6.61 Å². The summed E-state index contributed by atoms with van der Waals surface area (Å²) in [6.45, 7) is 6.45. The summed E-state index contributed by atoms with van der Waals surface area (Å²) in [5.41, 5.74) is 1.91. The molecule has 1 aromatic heterocycles. The lowest BCUT2D eigenvalue weighted by molar-refractivity contribution is 0.279. The molecular weight excluding hydrogens is 300 g/mol. The first kappa shape index (κ1) is 16.8. The van der Waals surface area contributed by atoms with Gasteiger partial charge in [-0.15, -0.1) is 0 Å². The third-order valence-corrected chi connectivity index (χ3v) is 4.51. The normalized spacial score (nSPS) is 14.9. The largest absolute Gasteiger partial charge is 0.494 e. The Balaban J connectivity index is 1.47. The van der Waals surface area contributed by atoms with Crippen molar-refractivity contribution >= 4 is 0 Å². The second kappa shape index (κ2) is 8.15. The molecule has 3 rings (SSSR count). The van der Waals surface area contributed by atoms with E-state index in [2.05, 4.69) is 4.90 Å². The van der Waals surface area contributed by atoms with Crippen molar-refractivity contribution in [2.24, 2.45) is 0 Å². The van der Waals surface area contributed by atoms with E-state index in [4.69, 9.17) is 4.74 Å². The fourth-order valence-electron chi connectivity index (χ4n) is 3.13. The standard InChI is InChI=1S/C20H26N2O2/c1-17-6-11-20(23)22(16-17)18-7-9-19(10-8-18)24-15-5-4-14-21-12-2-3-13-21/h6-11,16H,2-5,12-15H2,1H3. The molecule has 0 spiro atoms. The highest BCUT2D eigenvalue weighted by Gasteiger charge is 2.10. The maximum Gasteiger partial charge on any atom is 0.255 e. The lowest BCUT2D eigenvalue weighted by Gasteiger charge is -2.14. The minimum Gasteiger partial charge on any atom is -0.494 e. The van der Waals surface area contributed by atoms with Crippen LogP contribution in [0.4, 0.5) is 0 Å². The number of nitrogens with zero attached hydrogens (tertiary/aromatic N) is 2. The summed E-state index contributed by atoms with van der Waals surface area (Å²) < 4.78 is 7.47. The topological polar surface area (TPSA) is 34.5 Å². The predicted molar refractivity (Wildman–Crippen MR) is 97.2 cm³/mol. The Labute approximate surface area is 143 Å². The summed E-state index contributed by atoms with van der Waals surface area (Å²) in [4.78, 5) is 14.5. The lowest BCUT2D eigenvalue weighted by atomic mass is 10.2. The number of unbranched alkanes of at least 4 members (excludes halogenated alkanes) is 1. The fraction of sp³-hybridized carbons (Fsp3) is 0.450. The SMILES string of the molecule is Cc1ccc(=O)n(-c2ccc(OCCCCN3CCCC3)cc2)c1. The maximum absolute atomic E-state index is 11.9. The van der Waals surface area contributed by atoms with E-state index in [0.717, 1.165) is 30.0 Å². The molecule has 0 unspecified atom stereocenters. The van der Waals surface area contributed by atoms with Crippen LogP contribution in [0.25, 0.3) is 5.69 Å². The Bertz CT molecular complexity index is 700. The molecule has 0 amide bonds. The van der Waals surface area contributed by atoms with Crippen molar-refractivity contribution in [2.75, 3.05) is 26.2 Å². The second-order valence-electron chi connectivity index (χ2n) is 6.51. The number of rotatable bonds is 7. The third kappa shape index (κ3) is 4.48. The zero-order chi connectivity index (χ0) is 16.8. The number of hydrogen-bond donors (Lipinski definition) is 0. The Kier molecular flexibility index (Phi) is 5.70. The van der Waals surface area contributed by atoms with Crippen LogP contribution in [-0.2, 0) is 0 Å². The molecule has 128 valence electrons. The molecule has 0 saturated carbocycles. The van der Waals surface area contributed by atoms with Crippen LogP contribution in [0.1, 0.15) is 31.2 Å². The van der Waals surface area contributed by atoms with Crippen LogP contribution in [0.15, 0.2) is 47.4 Å². The number of ether oxygens (including phenoxy) is 1. The van der Waals surface area contributed by atoms with Crippen molar-refractivity contribution in [2.45, 2.75) is 32.6 Å². The van der Waals surface area contributed by atoms with Gasteiger partial charge in [0.1, 0.15) is 5.75 Å². The monoisotopic (exact) mass is 326 g/mol. The third-order valence-electron chi connectivity index (χ3n) is 4.51. The molecule has 0 radical (unpaired) electrons. The smallest absolute Gasteiger partial charge is 0.255 e. The molecule has 1 aliphatic rings. The summed E-state index contributed by atoms with van der Waals surface area (Å²) >= 11 is 0.